The van der Waals surface area contributed by atoms with Crippen molar-refractivity contribution in [2.24, 2.45) is 7.05 Å². The van der Waals surface area contributed by atoms with Gasteiger partial charge < -0.3 is 15.2 Å². The molecule has 0 aliphatic rings. The lowest BCUT2D eigenvalue weighted by Gasteiger charge is -2.14. The summed E-state index contributed by atoms with van der Waals surface area (Å²) in [6.07, 6.45) is 0.386. The molecule has 130 valence electrons. The predicted molar refractivity (Wildman–Crippen MR) is 86.6 cm³/mol. The average molecular weight is 349 g/mol. The maximum absolute atomic E-state index is 13.0. The van der Waals surface area contributed by atoms with E-state index in [1.54, 1.807) is 40.8 Å². The van der Waals surface area contributed by atoms with Gasteiger partial charge >= 0.3 is 12.2 Å². The molecule has 0 saturated carbocycles. The SMILES string of the molecule is Cn1ncc(NC(=O)Nc2ccccc2C(F)(F)F)c1-n1cccc1. The molecule has 2 amide bonds. The Balaban J connectivity index is 1.82. The number of carbonyl (C=O) groups is 1. The van der Waals surface area contributed by atoms with E-state index in [1.807, 2.05) is 0 Å². The van der Waals surface area contributed by atoms with Gasteiger partial charge in [-0.15, -0.1) is 0 Å². The van der Waals surface area contributed by atoms with Crippen molar-refractivity contribution in [1.82, 2.24) is 14.3 Å². The molecule has 0 saturated heterocycles. The first-order chi connectivity index (χ1) is 11.9. The maximum atomic E-state index is 13.0. The minimum absolute atomic E-state index is 0.320. The number of benzene rings is 1. The molecule has 1 aromatic carbocycles. The van der Waals surface area contributed by atoms with Gasteiger partial charge in [-0.2, -0.15) is 18.3 Å². The van der Waals surface area contributed by atoms with Gasteiger partial charge in [0, 0.05) is 19.4 Å². The summed E-state index contributed by atoms with van der Waals surface area (Å²) in [5, 5.41) is 8.82. The Morgan fingerprint density at radius 2 is 1.68 bits per heavy atom. The van der Waals surface area contributed by atoms with Crippen LogP contribution in [0, 0.1) is 0 Å². The van der Waals surface area contributed by atoms with Gasteiger partial charge in [-0.1, -0.05) is 12.1 Å². The van der Waals surface area contributed by atoms with Crippen LogP contribution >= 0.6 is 0 Å². The van der Waals surface area contributed by atoms with Crippen LogP contribution in [0.25, 0.3) is 5.82 Å². The zero-order valence-electron chi connectivity index (χ0n) is 13.1. The third kappa shape index (κ3) is 3.49. The predicted octanol–water partition coefficient (Wildman–Crippen LogP) is 3.87. The first-order valence-corrected chi connectivity index (χ1v) is 7.26. The molecule has 2 heterocycles. The number of nitrogens with one attached hydrogen (secondary N) is 2. The van der Waals surface area contributed by atoms with Crippen LogP contribution < -0.4 is 10.6 Å². The van der Waals surface area contributed by atoms with Gasteiger partial charge in [0.25, 0.3) is 0 Å². The molecule has 0 bridgehead atoms. The second-order valence-corrected chi connectivity index (χ2v) is 5.22. The Bertz CT molecular complexity index is 884. The van der Waals surface area contributed by atoms with E-state index in [1.165, 1.54) is 24.4 Å². The van der Waals surface area contributed by atoms with Gasteiger partial charge in [-0.3, -0.25) is 4.68 Å². The Hall–Kier alpha value is -3.23. The van der Waals surface area contributed by atoms with Gasteiger partial charge in [-0.05, 0) is 24.3 Å². The summed E-state index contributed by atoms with van der Waals surface area (Å²) in [4.78, 5) is 12.2. The lowest BCUT2D eigenvalue weighted by atomic mass is 10.1. The lowest BCUT2D eigenvalue weighted by molar-refractivity contribution is -0.136. The smallest absolute Gasteiger partial charge is 0.307 e. The number of halogens is 3. The average Bonchev–Trinajstić information content (AvgIpc) is 3.16. The van der Waals surface area contributed by atoms with Gasteiger partial charge in [0.1, 0.15) is 5.69 Å². The zero-order valence-corrected chi connectivity index (χ0v) is 13.1. The molecule has 2 N–H and O–H groups in total. The molecule has 0 atom stereocenters. The second-order valence-electron chi connectivity index (χ2n) is 5.22. The minimum Gasteiger partial charge on any atom is -0.307 e. The van der Waals surface area contributed by atoms with Crippen molar-refractivity contribution < 1.29 is 18.0 Å². The van der Waals surface area contributed by atoms with E-state index in [4.69, 9.17) is 0 Å². The topological polar surface area (TPSA) is 63.9 Å². The highest BCUT2D eigenvalue weighted by molar-refractivity contribution is 6.01. The van der Waals surface area contributed by atoms with Crippen LogP contribution in [0.2, 0.25) is 0 Å². The number of urea groups is 1. The number of alkyl halides is 3. The largest absolute Gasteiger partial charge is 0.418 e. The molecule has 0 aliphatic heterocycles. The summed E-state index contributed by atoms with van der Waals surface area (Å²) in [5.41, 5.74) is -0.874. The Morgan fingerprint density at radius 1 is 1.04 bits per heavy atom. The molecule has 0 aliphatic carbocycles. The molecule has 9 heteroatoms. The first kappa shape index (κ1) is 16.6. The Morgan fingerprint density at radius 3 is 2.36 bits per heavy atom. The van der Waals surface area contributed by atoms with Crippen molar-refractivity contribution in [3.63, 3.8) is 0 Å². The molecular weight excluding hydrogens is 335 g/mol. The van der Waals surface area contributed by atoms with E-state index in [-0.39, 0.29) is 5.69 Å². The molecule has 0 fully saturated rings. The summed E-state index contributed by atoms with van der Waals surface area (Å²) in [6.45, 7) is 0. The van der Waals surface area contributed by atoms with E-state index in [2.05, 4.69) is 15.7 Å². The number of aryl methyl sites for hydroxylation is 1. The summed E-state index contributed by atoms with van der Waals surface area (Å²) in [7, 11) is 1.69. The molecular formula is C16H14F3N5O. The highest BCUT2D eigenvalue weighted by Gasteiger charge is 2.33. The monoisotopic (exact) mass is 349 g/mol. The molecule has 6 nitrogen and oxygen atoms in total. The van der Waals surface area contributed by atoms with Gasteiger partial charge in [0.05, 0.1) is 17.4 Å². The van der Waals surface area contributed by atoms with E-state index in [0.717, 1.165) is 6.07 Å². The first-order valence-electron chi connectivity index (χ1n) is 7.26. The number of amides is 2. The summed E-state index contributed by atoms with van der Waals surface area (Å²) in [5.74, 6) is 0.573. The van der Waals surface area contributed by atoms with E-state index < -0.39 is 17.8 Å². The van der Waals surface area contributed by atoms with Crippen molar-refractivity contribution >= 4 is 17.4 Å². The number of aromatic nitrogens is 3. The van der Waals surface area contributed by atoms with Crippen LogP contribution in [-0.4, -0.2) is 20.4 Å². The van der Waals surface area contributed by atoms with Crippen molar-refractivity contribution in [2.45, 2.75) is 6.18 Å². The summed E-state index contributed by atoms with van der Waals surface area (Å²) < 4.78 is 42.2. The molecule has 0 spiro atoms. The standard InChI is InChI=1S/C16H14F3N5O/c1-23-14(24-8-4-5-9-24)13(10-20-23)22-15(25)21-12-7-3-2-6-11(12)16(17,18)19/h2-10H,1H3,(H2,21,22,25). The normalized spacial score (nSPS) is 11.4. The van der Waals surface area contributed by atoms with Crippen molar-refractivity contribution in [1.29, 1.82) is 0 Å². The van der Waals surface area contributed by atoms with E-state index in [9.17, 15) is 18.0 Å². The van der Waals surface area contributed by atoms with E-state index in [0.29, 0.717) is 11.5 Å². The fourth-order valence-corrected chi connectivity index (χ4v) is 2.42. The number of nitrogens with zero attached hydrogens (tertiary/aromatic N) is 3. The van der Waals surface area contributed by atoms with Crippen LogP contribution in [-0.2, 0) is 13.2 Å². The van der Waals surface area contributed by atoms with Gasteiger partial charge in [0.15, 0.2) is 5.82 Å². The van der Waals surface area contributed by atoms with Crippen molar-refractivity contribution in [3.05, 3.63) is 60.6 Å². The van der Waals surface area contributed by atoms with Crippen LogP contribution in [0.1, 0.15) is 5.56 Å². The number of anilines is 2. The van der Waals surface area contributed by atoms with Crippen LogP contribution in [0.3, 0.4) is 0 Å². The molecule has 2 aromatic heterocycles. The number of carbonyl (C=O) groups excluding carboxylic acids is 1. The molecule has 3 aromatic rings. The zero-order chi connectivity index (χ0) is 18.0. The van der Waals surface area contributed by atoms with E-state index >= 15 is 0 Å². The molecule has 3 rings (SSSR count). The lowest BCUT2D eigenvalue weighted by Crippen LogP contribution is -2.22. The highest BCUT2D eigenvalue weighted by atomic mass is 19.4. The molecule has 0 radical (unpaired) electrons. The second kappa shape index (κ2) is 6.34. The quantitative estimate of drug-likeness (QED) is 0.754. The van der Waals surface area contributed by atoms with Gasteiger partial charge in [0.2, 0.25) is 0 Å². The maximum Gasteiger partial charge on any atom is 0.418 e. The number of para-hydroxylation sites is 1. The summed E-state index contributed by atoms with van der Waals surface area (Å²) >= 11 is 0. The third-order valence-electron chi connectivity index (χ3n) is 3.49. The fraction of sp³-hybridized carbons (Fsp3) is 0.125. The third-order valence-corrected chi connectivity index (χ3v) is 3.49. The number of rotatable bonds is 3. The number of hydrogen-bond acceptors (Lipinski definition) is 2. The molecule has 25 heavy (non-hydrogen) atoms. The van der Waals surface area contributed by atoms with Crippen LogP contribution in [0.15, 0.2) is 55.0 Å². The highest BCUT2D eigenvalue weighted by Crippen LogP contribution is 2.34. The summed E-state index contributed by atoms with van der Waals surface area (Å²) in [6, 6.07) is 7.59. The Kier molecular flexibility index (Phi) is 4.22. The Labute approximate surface area is 140 Å². The van der Waals surface area contributed by atoms with Crippen LogP contribution in [0.5, 0.6) is 0 Å². The van der Waals surface area contributed by atoms with Crippen molar-refractivity contribution in [3.8, 4) is 5.82 Å². The van der Waals surface area contributed by atoms with Crippen LogP contribution in [0.4, 0.5) is 29.3 Å². The molecule has 0 unspecified atom stereocenters. The number of hydrogen-bond donors (Lipinski definition) is 2. The van der Waals surface area contributed by atoms with Gasteiger partial charge in [-0.25, -0.2) is 4.79 Å². The van der Waals surface area contributed by atoms with Crippen molar-refractivity contribution in [2.75, 3.05) is 10.6 Å². The fourth-order valence-electron chi connectivity index (χ4n) is 2.42. The minimum atomic E-state index is -4.56.